The summed E-state index contributed by atoms with van der Waals surface area (Å²) in [6.07, 6.45) is 0. The first-order valence-electron chi connectivity index (χ1n) is 0.548. The Hall–Kier alpha value is 2.32. The molecule has 0 N–H and O–H groups in total. The van der Waals surface area contributed by atoms with Crippen molar-refractivity contribution in [1.82, 2.24) is 0 Å². The summed E-state index contributed by atoms with van der Waals surface area (Å²) in [6, 6.07) is 0. The van der Waals surface area contributed by atoms with Crippen LogP contribution in [0.3, 0.4) is 0 Å². The first-order valence-corrected chi connectivity index (χ1v) is 0.548. The summed E-state index contributed by atoms with van der Waals surface area (Å²) < 4.78 is 0. The molecule has 0 spiro atoms. The molecule has 7 heteroatoms. The van der Waals surface area contributed by atoms with E-state index in [0.29, 0.717) is 0 Å². The molecule has 0 rings (SSSR count). The molecule has 0 radical (unpaired) electrons. The third kappa shape index (κ3) is 61.8. The van der Waals surface area contributed by atoms with Gasteiger partial charge in [-0.3, -0.25) is 0 Å². The van der Waals surface area contributed by atoms with Crippen molar-refractivity contribution in [3.05, 3.63) is 15.3 Å². The summed E-state index contributed by atoms with van der Waals surface area (Å²) in [6.45, 7) is 0. The van der Waals surface area contributed by atoms with Crippen LogP contribution in [0.15, 0.2) is 0 Å². The molecule has 0 saturated heterocycles. The molecule has 32 valence electrons. The maximum Gasteiger partial charge on any atom is 3.00 e. The van der Waals surface area contributed by atoms with E-state index < -0.39 is 5.09 Å². The predicted molar refractivity (Wildman–Crippen MR) is 10.4 cm³/mol. The summed E-state index contributed by atoms with van der Waals surface area (Å²) in [5.41, 5.74) is 0. The molecule has 0 fully saturated rings. The van der Waals surface area contributed by atoms with Gasteiger partial charge in [-0.25, -0.2) is 0 Å². The molecule has 0 aromatic carbocycles. The summed E-state index contributed by atoms with van der Waals surface area (Å²) in [5.74, 6) is 0. The van der Waals surface area contributed by atoms with E-state index in [1.165, 1.54) is 0 Å². The van der Waals surface area contributed by atoms with Crippen molar-refractivity contribution in [3.8, 4) is 0 Å². The smallest absolute Gasteiger partial charge is 1.00 e. The molecule has 0 unspecified atom stereocenters. The van der Waals surface area contributed by atoms with E-state index in [1.54, 1.807) is 0 Å². The molecule has 0 amide bonds. The van der Waals surface area contributed by atoms with Gasteiger partial charge in [0.2, 0.25) is 0 Å². The summed E-state index contributed by atoms with van der Waals surface area (Å²) in [4.78, 5) is 8.25. The van der Waals surface area contributed by atoms with Crippen molar-refractivity contribution in [2.75, 3.05) is 0 Å². The summed E-state index contributed by atoms with van der Waals surface area (Å²) >= 11 is 0. The fourth-order valence-electron chi connectivity index (χ4n) is 0. The van der Waals surface area contributed by atoms with Gasteiger partial charge in [0, 0.05) is 0 Å². The second kappa shape index (κ2) is 15.8. The molecule has 0 aliphatic heterocycles. The van der Waals surface area contributed by atoms with Crippen molar-refractivity contribution < 1.29 is 100 Å². The van der Waals surface area contributed by atoms with Gasteiger partial charge in [0.1, 0.15) is 0 Å². The topological polar surface area (TPSA) is 66.2 Å². The Morgan fingerprint density at radius 3 is 1.14 bits per heavy atom. The van der Waals surface area contributed by atoms with Crippen molar-refractivity contribution >= 4 is 0 Å². The summed E-state index contributed by atoms with van der Waals surface area (Å²) in [5, 5.41) is 14.8. The molecule has 0 atom stereocenters. The van der Waals surface area contributed by atoms with Gasteiger partial charge in [-0.1, -0.05) is 0 Å². The van der Waals surface area contributed by atoms with E-state index in [9.17, 15) is 0 Å². The third-order valence-corrected chi connectivity index (χ3v) is 0. The fraction of sp³-hybridized carbons (Fsp3) is 0. The molecule has 7 heavy (non-hydrogen) atoms. The average Bonchev–Trinajstić information content (AvgIpc) is 0.811. The average molecular weight is 467 g/mol. The molecule has 0 saturated carbocycles. The molecule has 0 aliphatic carbocycles. The van der Waals surface area contributed by atoms with Gasteiger partial charge in [0.05, 0.1) is 5.09 Å². The van der Waals surface area contributed by atoms with Crippen LogP contribution in [0.25, 0.3) is 0 Å². The second-order valence-corrected chi connectivity index (χ2v) is 0.224. The Kier molecular flexibility index (Phi) is 51.3. The van der Waals surface area contributed by atoms with Gasteiger partial charge >= 0.3 is 71.2 Å². The number of rotatable bonds is 0. The maximum atomic E-state index is 8.25. The fourth-order valence-corrected chi connectivity index (χ4v) is 0. The standard InChI is InChI=1S/HI.2La.NO3/c;;;2-1(3)4/h1H;;;/q;2*+3;-1/p-1. The quantitative estimate of drug-likeness (QED) is 0.214. The van der Waals surface area contributed by atoms with E-state index in [-0.39, 0.29) is 95.2 Å². The molecule has 0 aromatic heterocycles. The Bertz CT molecular complexity index is 35.9. The van der Waals surface area contributed by atoms with Crippen molar-refractivity contribution in [2.45, 2.75) is 0 Å². The van der Waals surface area contributed by atoms with Crippen LogP contribution in [0.4, 0.5) is 0 Å². The van der Waals surface area contributed by atoms with Crippen LogP contribution in [-0.4, -0.2) is 5.09 Å². The number of hydrogen-bond donors (Lipinski definition) is 0. The maximum absolute atomic E-state index is 8.25. The van der Waals surface area contributed by atoms with E-state index in [0.717, 1.165) is 0 Å². The summed E-state index contributed by atoms with van der Waals surface area (Å²) in [7, 11) is 0. The Labute approximate surface area is 113 Å². The van der Waals surface area contributed by atoms with Crippen LogP contribution in [0.1, 0.15) is 0 Å². The molecule has 0 aromatic rings. The largest absolute Gasteiger partial charge is 3.00 e. The Balaban J connectivity index is -0.0000000150. The Morgan fingerprint density at radius 2 is 1.14 bits per heavy atom. The number of nitrogens with zero attached hydrogens (tertiary/aromatic N) is 1. The third-order valence-electron chi connectivity index (χ3n) is 0. The minimum atomic E-state index is -1.75. The number of hydrogen-bond acceptors (Lipinski definition) is 3. The Morgan fingerprint density at radius 1 is 1.14 bits per heavy atom. The van der Waals surface area contributed by atoms with Crippen molar-refractivity contribution in [3.63, 3.8) is 0 Å². The molecule has 0 aliphatic rings. The normalized spacial score (nSPS) is 3.43. The zero-order chi connectivity index (χ0) is 3.58. The van der Waals surface area contributed by atoms with Crippen LogP contribution < -0.4 is 24.0 Å². The van der Waals surface area contributed by atoms with E-state index >= 15 is 0 Å². The molecule has 0 bridgehead atoms. The van der Waals surface area contributed by atoms with Crippen LogP contribution in [0.5, 0.6) is 0 Å². The van der Waals surface area contributed by atoms with Gasteiger partial charge in [-0.2, -0.15) is 0 Å². The second-order valence-electron chi connectivity index (χ2n) is 0.224. The van der Waals surface area contributed by atoms with Crippen LogP contribution >= 0.6 is 0 Å². The van der Waals surface area contributed by atoms with Gasteiger partial charge in [0.25, 0.3) is 0 Å². The predicted octanol–water partition coefficient (Wildman–Crippen LogP) is -3.24. The number of halogens is 1. The minimum Gasteiger partial charge on any atom is -1.00 e. The first kappa shape index (κ1) is 22.8. The van der Waals surface area contributed by atoms with Gasteiger partial charge < -0.3 is 39.3 Å². The van der Waals surface area contributed by atoms with E-state index in [4.69, 9.17) is 15.3 Å². The molecule has 4 nitrogen and oxygen atoms in total. The van der Waals surface area contributed by atoms with Gasteiger partial charge in [-0.05, 0) is 0 Å². The molecule has 0 heterocycles. The van der Waals surface area contributed by atoms with Crippen molar-refractivity contribution in [2.24, 2.45) is 0 Å². The van der Waals surface area contributed by atoms with Crippen molar-refractivity contribution in [1.29, 1.82) is 0 Å². The van der Waals surface area contributed by atoms with Crippen LogP contribution in [-0.2, 0) is 0 Å². The van der Waals surface area contributed by atoms with Gasteiger partial charge in [-0.15, -0.1) is 0 Å². The van der Waals surface area contributed by atoms with Crippen LogP contribution in [0.2, 0.25) is 0 Å². The SMILES string of the molecule is O=[N+]([O-])[O-].[I-].[La+3].[La+3]. The van der Waals surface area contributed by atoms with Gasteiger partial charge in [0.15, 0.2) is 0 Å². The van der Waals surface area contributed by atoms with E-state index in [2.05, 4.69) is 0 Å². The monoisotopic (exact) mass is 467 g/mol. The minimum absolute atomic E-state index is 0. The molecular formula is ILa2NO3+4. The zero-order valence-electron chi connectivity index (χ0n) is 3.20. The zero-order valence-corrected chi connectivity index (χ0v) is 12.6. The van der Waals surface area contributed by atoms with Crippen LogP contribution in [0, 0.1) is 86.5 Å². The first-order chi connectivity index (χ1) is 1.73. The molecular weight excluding hydrogens is 467 g/mol. The van der Waals surface area contributed by atoms with E-state index in [1.807, 2.05) is 0 Å².